The van der Waals surface area contributed by atoms with Crippen LogP contribution in [0.15, 0.2) is 23.8 Å². The highest BCUT2D eigenvalue weighted by atomic mass is 16.7. The van der Waals surface area contributed by atoms with Crippen LogP contribution in [0.3, 0.4) is 0 Å². The van der Waals surface area contributed by atoms with Gasteiger partial charge in [0.15, 0.2) is 12.6 Å². The van der Waals surface area contributed by atoms with Gasteiger partial charge in [-0.15, -0.1) is 0 Å². The summed E-state index contributed by atoms with van der Waals surface area (Å²) < 4.78 is 31.1. The molecule has 21 atom stereocenters. The van der Waals surface area contributed by atoms with E-state index in [-0.39, 0.29) is 30.3 Å². The minimum absolute atomic E-state index is 0.0293. The molecule has 2 aliphatic heterocycles. The van der Waals surface area contributed by atoms with Gasteiger partial charge in [0, 0.05) is 6.08 Å². The lowest BCUT2D eigenvalue weighted by Crippen LogP contribution is -2.71. The standard InChI is InChI=1S/C46H76O15/c1-10-12-31(50)57-22-28-34(52)36(54)37(55)40(60-28)58-26-20-45(8)29(43(6)17-15-30(49)42(4,5)39(26)43)19-25(48)32-24(14-18-44(32,45)7)46(9,16-11-13-23(2)3)61-41-38(56)35(53)33(51)27(21-47)59-41/h10,12-13,24-30,32-41,47-49,51-56H,11,14-22H2,1-9H3/b12-10+/t24-,25+,26-,27+,28+,29+,30-,32-,33+,34+,35-,36-,37+,38+,39-,40+,41-,43+,44+,45+,46-/m0/s1. The lowest BCUT2D eigenvalue weighted by molar-refractivity contribution is -0.349. The number of rotatable bonds is 12. The number of ether oxygens (including phenoxy) is 5. The van der Waals surface area contributed by atoms with Crippen molar-refractivity contribution in [3.05, 3.63) is 23.8 Å². The van der Waals surface area contributed by atoms with Crippen molar-refractivity contribution in [1.29, 1.82) is 0 Å². The van der Waals surface area contributed by atoms with Gasteiger partial charge >= 0.3 is 5.97 Å². The Kier molecular flexibility index (Phi) is 14.4. The molecule has 0 aromatic heterocycles. The molecule has 0 aromatic rings. The summed E-state index contributed by atoms with van der Waals surface area (Å²) in [4.78, 5) is 12.2. The second-order valence-electron chi connectivity index (χ2n) is 21.2. The van der Waals surface area contributed by atoms with Gasteiger partial charge in [-0.05, 0) is 124 Å². The molecule has 0 spiro atoms. The maximum Gasteiger partial charge on any atom is 0.330 e. The van der Waals surface area contributed by atoms with Crippen LogP contribution in [-0.2, 0) is 28.5 Å². The van der Waals surface area contributed by atoms with Crippen molar-refractivity contribution in [2.24, 2.45) is 45.3 Å². The number of fused-ring (bicyclic) bond motifs is 5. The Morgan fingerprint density at radius 2 is 1.44 bits per heavy atom. The zero-order valence-electron chi connectivity index (χ0n) is 37.6. The third-order valence-corrected chi connectivity index (χ3v) is 17.1. The van der Waals surface area contributed by atoms with Crippen molar-refractivity contribution in [3.8, 4) is 0 Å². The van der Waals surface area contributed by atoms with Gasteiger partial charge in [-0.3, -0.25) is 0 Å². The third kappa shape index (κ3) is 8.45. The minimum Gasteiger partial charge on any atom is -0.460 e. The Balaban J connectivity index is 1.37. The highest BCUT2D eigenvalue weighted by Crippen LogP contribution is 2.76. The fraction of sp³-hybridized carbons (Fsp3) is 0.891. The summed E-state index contributed by atoms with van der Waals surface area (Å²) in [6, 6.07) is 0. The van der Waals surface area contributed by atoms with E-state index in [1.165, 1.54) is 12.2 Å². The van der Waals surface area contributed by atoms with E-state index in [0.29, 0.717) is 51.4 Å². The van der Waals surface area contributed by atoms with Crippen molar-refractivity contribution in [2.75, 3.05) is 13.2 Å². The molecule has 6 aliphatic rings. The quantitative estimate of drug-likeness (QED) is 0.0591. The topological polar surface area (TPSA) is 245 Å². The number of aliphatic hydroxyl groups is 9. The second-order valence-corrected chi connectivity index (χ2v) is 21.2. The van der Waals surface area contributed by atoms with Crippen LogP contribution in [0.5, 0.6) is 0 Å². The van der Waals surface area contributed by atoms with E-state index in [0.717, 1.165) is 5.57 Å². The van der Waals surface area contributed by atoms with Crippen LogP contribution in [0.1, 0.15) is 114 Å². The summed E-state index contributed by atoms with van der Waals surface area (Å²) >= 11 is 0. The fourth-order valence-corrected chi connectivity index (χ4v) is 13.8. The molecular formula is C46H76O15. The molecule has 6 rings (SSSR count). The van der Waals surface area contributed by atoms with Gasteiger partial charge in [-0.2, -0.15) is 0 Å². The number of carbonyl (C=O) groups excluding carboxylic acids is 1. The SMILES string of the molecule is C/C=C/C(=O)OC[C@H]1O[C@@H](O[C@H]2C[C@]3(C)[C@H](C[C@@H](O)[C@@H]4[C@@H]([C@](C)(CCC=C(C)C)O[C@@H]5O[C@H](CO)[C@@H](O)[C@H](O)[C@H]5O)CC[C@]43C)[C@@]3(C)CC[C@H](O)C(C)(C)[C@H]23)[C@H](O)[C@@H](O)[C@@H]1O. The number of aliphatic hydroxyl groups excluding tert-OH is 9. The highest BCUT2D eigenvalue weighted by molar-refractivity contribution is 5.81. The largest absolute Gasteiger partial charge is 0.460 e. The monoisotopic (exact) mass is 869 g/mol. The summed E-state index contributed by atoms with van der Waals surface area (Å²) in [6.07, 6.45) is -7.36. The maximum atomic E-state index is 12.6. The second kappa shape index (κ2) is 18.0. The summed E-state index contributed by atoms with van der Waals surface area (Å²) in [6.45, 7) is 17.5. The number of hydrogen-bond acceptors (Lipinski definition) is 15. The fourth-order valence-electron chi connectivity index (χ4n) is 13.8. The van der Waals surface area contributed by atoms with E-state index in [1.54, 1.807) is 6.92 Å². The van der Waals surface area contributed by atoms with Gasteiger partial charge in [0.1, 0.15) is 55.4 Å². The predicted molar refractivity (Wildman–Crippen MR) is 221 cm³/mol. The van der Waals surface area contributed by atoms with E-state index < -0.39 is 120 Å². The van der Waals surface area contributed by atoms with Crippen LogP contribution in [0.2, 0.25) is 0 Å². The van der Waals surface area contributed by atoms with Crippen molar-refractivity contribution in [2.45, 2.75) is 199 Å². The molecule has 4 saturated carbocycles. The zero-order valence-corrected chi connectivity index (χ0v) is 37.6. The van der Waals surface area contributed by atoms with E-state index in [2.05, 4.69) is 26.8 Å². The highest BCUT2D eigenvalue weighted by Gasteiger charge is 2.74. The van der Waals surface area contributed by atoms with E-state index >= 15 is 0 Å². The van der Waals surface area contributed by atoms with Crippen molar-refractivity contribution < 1.29 is 74.4 Å². The van der Waals surface area contributed by atoms with Gasteiger partial charge in [0.05, 0.1) is 30.5 Å². The summed E-state index contributed by atoms with van der Waals surface area (Å²) in [5.74, 6) is -1.55. The summed E-state index contributed by atoms with van der Waals surface area (Å²) in [7, 11) is 0. The molecule has 9 N–H and O–H groups in total. The molecule has 2 saturated heterocycles. The van der Waals surface area contributed by atoms with Crippen LogP contribution in [-0.4, -0.2) is 150 Å². The molecule has 61 heavy (non-hydrogen) atoms. The molecule has 4 aliphatic carbocycles. The number of carbonyl (C=O) groups is 1. The predicted octanol–water partition coefficient (Wildman–Crippen LogP) is 2.25. The molecule has 0 bridgehead atoms. The first-order valence-corrected chi connectivity index (χ1v) is 22.5. The Hall–Kier alpha value is -1.57. The average molecular weight is 869 g/mol. The first-order chi connectivity index (χ1) is 28.4. The van der Waals surface area contributed by atoms with E-state index in [9.17, 15) is 50.8 Å². The summed E-state index contributed by atoms with van der Waals surface area (Å²) in [5, 5.41) is 100. The molecule has 15 heteroatoms. The van der Waals surface area contributed by atoms with Crippen molar-refractivity contribution >= 4 is 5.97 Å². The number of esters is 1. The first kappa shape index (κ1) is 48.9. The van der Waals surface area contributed by atoms with Crippen molar-refractivity contribution in [3.63, 3.8) is 0 Å². The first-order valence-electron chi connectivity index (χ1n) is 22.5. The van der Waals surface area contributed by atoms with Crippen molar-refractivity contribution in [1.82, 2.24) is 0 Å². The molecule has 0 amide bonds. The molecule has 350 valence electrons. The lowest BCUT2D eigenvalue weighted by Gasteiger charge is -2.72. The van der Waals surface area contributed by atoms with Gasteiger partial charge in [-0.25, -0.2) is 4.79 Å². The zero-order chi connectivity index (χ0) is 45.2. The normalized spacial score (nSPS) is 49.3. The van der Waals surface area contributed by atoms with E-state index in [1.807, 2.05) is 34.6 Å². The van der Waals surface area contributed by atoms with Crippen LogP contribution < -0.4 is 0 Å². The lowest BCUT2D eigenvalue weighted by atomic mass is 9.34. The Bertz CT molecular complexity index is 1600. The van der Waals surface area contributed by atoms with Gasteiger partial charge < -0.3 is 69.6 Å². The molecule has 15 nitrogen and oxygen atoms in total. The Labute approximate surface area is 361 Å². The van der Waals surface area contributed by atoms with Gasteiger partial charge in [0.25, 0.3) is 0 Å². The number of hydrogen-bond donors (Lipinski definition) is 9. The summed E-state index contributed by atoms with van der Waals surface area (Å²) in [5.41, 5.74) is -2.09. The molecule has 0 radical (unpaired) electrons. The Morgan fingerprint density at radius 1 is 0.820 bits per heavy atom. The van der Waals surface area contributed by atoms with Crippen LogP contribution >= 0.6 is 0 Å². The van der Waals surface area contributed by atoms with Crippen LogP contribution in [0, 0.1) is 45.3 Å². The third-order valence-electron chi connectivity index (χ3n) is 17.1. The van der Waals surface area contributed by atoms with Crippen LogP contribution in [0.25, 0.3) is 0 Å². The minimum atomic E-state index is -1.66. The number of allylic oxidation sites excluding steroid dienone is 3. The van der Waals surface area contributed by atoms with E-state index in [4.69, 9.17) is 23.7 Å². The van der Waals surface area contributed by atoms with Gasteiger partial charge in [-0.1, -0.05) is 52.3 Å². The molecular weight excluding hydrogens is 792 g/mol. The Morgan fingerprint density at radius 3 is 2.07 bits per heavy atom. The molecule has 2 heterocycles. The smallest absolute Gasteiger partial charge is 0.330 e. The molecule has 0 aromatic carbocycles. The maximum absolute atomic E-state index is 12.6. The molecule has 0 unspecified atom stereocenters. The van der Waals surface area contributed by atoms with Crippen LogP contribution in [0.4, 0.5) is 0 Å². The molecule has 6 fully saturated rings. The average Bonchev–Trinajstić information content (AvgIpc) is 3.58. The van der Waals surface area contributed by atoms with Gasteiger partial charge in [0.2, 0.25) is 0 Å².